The minimum atomic E-state index is -3.62. The lowest BCUT2D eigenvalue weighted by Gasteiger charge is -2.23. The molecule has 0 radical (unpaired) electrons. The van der Waals surface area contributed by atoms with Gasteiger partial charge in [-0.2, -0.15) is 0 Å². The molecular formula is C48H41NO2S. The largest absolute Gasteiger partial charge is 0.309 e. The number of aromatic nitrogens is 1. The molecule has 0 aliphatic rings. The quantitative estimate of drug-likeness (QED) is 0.156. The number of benzene rings is 6. The summed E-state index contributed by atoms with van der Waals surface area (Å²) in [7, 11) is -3.62. The van der Waals surface area contributed by atoms with Gasteiger partial charge in [0, 0.05) is 28.4 Å². The third-order valence-corrected chi connectivity index (χ3v) is 12.0. The summed E-state index contributed by atoms with van der Waals surface area (Å²) in [4.78, 5) is 0.304. The number of nitrogens with zero attached hydrogens (tertiary/aromatic N) is 1. The Hall–Kier alpha value is -5.81. The molecule has 1 aromatic heterocycles. The summed E-state index contributed by atoms with van der Waals surface area (Å²) in [5.41, 5.74) is 6.58. The Kier molecular flexibility index (Phi) is 9.37. The average Bonchev–Trinajstić information content (AvgIpc) is 3.51. The lowest BCUT2D eigenvalue weighted by atomic mass is 9.80. The molecule has 1 atom stereocenters. The molecule has 256 valence electrons. The van der Waals surface area contributed by atoms with E-state index in [0.717, 1.165) is 27.9 Å². The number of sulfone groups is 1. The Morgan fingerprint density at radius 2 is 1.02 bits per heavy atom. The van der Waals surface area contributed by atoms with Crippen LogP contribution in [-0.4, -0.2) is 13.0 Å². The van der Waals surface area contributed by atoms with Crippen molar-refractivity contribution >= 4 is 31.6 Å². The maximum absolute atomic E-state index is 13.6. The van der Waals surface area contributed by atoms with Crippen LogP contribution in [0.3, 0.4) is 0 Å². The van der Waals surface area contributed by atoms with Crippen molar-refractivity contribution < 1.29 is 8.42 Å². The molecule has 0 saturated carbocycles. The summed E-state index contributed by atoms with van der Waals surface area (Å²) in [6, 6.07) is 52.0. The van der Waals surface area contributed by atoms with E-state index in [1.165, 1.54) is 21.8 Å². The molecule has 4 heteroatoms. The van der Waals surface area contributed by atoms with Crippen molar-refractivity contribution in [1.29, 1.82) is 0 Å². The van der Waals surface area contributed by atoms with Crippen LogP contribution in [-0.2, 0) is 20.7 Å². The van der Waals surface area contributed by atoms with Crippen LogP contribution in [0.5, 0.6) is 0 Å². The molecule has 7 rings (SSSR count). The number of hydrogen-bond acceptors (Lipinski definition) is 2. The summed E-state index contributed by atoms with van der Waals surface area (Å²) < 4.78 is 29.6. The van der Waals surface area contributed by atoms with Crippen LogP contribution >= 0.6 is 0 Å². The van der Waals surface area contributed by atoms with Crippen LogP contribution in [0.4, 0.5) is 0 Å². The molecule has 0 saturated heterocycles. The number of fused-ring (bicyclic) bond motifs is 3. The van der Waals surface area contributed by atoms with Gasteiger partial charge in [0.25, 0.3) is 0 Å². The minimum Gasteiger partial charge on any atom is -0.309 e. The molecule has 0 spiro atoms. The van der Waals surface area contributed by atoms with Crippen molar-refractivity contribution in [2.24, 2.45) is 0 Å². The van der Waals surface area contributed by atoms with Gasteiger partial charge in [0.05, 0.1) is 26.8 Å². The van der Waals surface area contributed by atoms with Gasteiger partial charge >= 0.3 is 0 Å². The van der Waals surface area contributed by atoms with Crippen LogP contribution in [0.2, 0.25) is 0 Å². The second-order valence-electron chi connectivity index (χ2n) is 14.3. The van der Waals surface area contributed by atoms with E-state index in [1.54, 1.807) is 24.3 Å². The Bertz CT molecular complexity index is 2540. The smallest absolute Gasteiger partial charge is 0.186 e. The van der Waals surface area contributed by atoms with Crippen LogP contribution in [0.1, 0.15) is 61.6 Å². The summed E-state index contributed by atoms with van der Waals surface area (Å²) >= 11 is 0. The highest BCUT2D eigenvalue weighted by molar-refractivity contribution is 7.91. The van der Waals surface area contributed by atoms with Crippen LogP contribution in [0, 0.1) is 23.7 Å². The predicted molar refractivity (Wildman–Crippen MR) is 215 cm³/mol. The number of hydrogen-bond donors (Lipinski definition) is 0. The molecule has 0 amide bonds. The number of para-hydroxylation sites is 2. The fourth-order valence-corrected chi connectivity index (χ4v) is 8.43. The molecule has 0 bridgehead atoms. The fraction of sp³-hybridized carbons (Fsp3) is 0.167. The second kappa shape index (κ2) is 14.1. The first-order valence-electron chi connectivity index (χ1n) is 17.6. The van der Waals surface area contributed by atoms with Gasteiger partial charge in [-0.3, -0.25) is 0 Å². The van der Waals surface area contributed by atoms with Gasteiger partial charge in [0.2, 0.25) is 0 Å². The molecule has 6 aromatic carbocycles. The van der Waals surface area contributed by atoms with Crippen molar-refractivity contribution in [1.82, 2.24) is 4.57 Å². The SMILES string of the molecule is CC(C)(C#CC(C)(C)c1ccc(-n2c3ccccc3c3ccccc32)cc1)c1ccc(C#CCC(c2ccccc2)S(=O)(=O)c2ccccc2)cc1. The highest BCUT2D eigenvalue weighted by atomic mass is 32.2. The van der Waals surface area contributed by atoms with Gasteiger partial charge < -0.3 is 4.57 Å². The third kappa shape index (κ3) is 6.91. The third-order valence-electron chi connectivity index (χ3n) is 9.86. The maximum Gasteiger partial charge on any atom is 0.186 e. The highest BCUT2D eigenvalue weighted by Crippen LogP contribution is 2.34. The zero-order chi connectivity index (χ0) is 36.3. The fourth-order valence-electron chi connectivity index (χ4n) is 6.75. The van der Waals surface area contributed by atoms with E-state index in [9.17, 15) is 8.42 Å². The Morgan fingerprint density at radius 1 is 0.558 bits per heavy atom. The van der Waals surface area contributed by atoms with Crippen LogP contribution < -0.4 is 0 Å². The Balaban J connectivity index is 1.08. The zero-order valence-corrected chi connectivity index (χ0v) is 30.8. The van der Waals surface area contributed by atoms with E-state index < -0.39 is 20.5 Å². The summed E-state index contributed by atoms with van der Waals surface area (Å²) in [5.74, 6) is 13.5. The van der Waals surface area contributed by atoms with Crippen molar-refractivity contribution in [2.45, 2.75) is 55.1 Å². The van der Waals surface area contributed by atoms with Gasteiger partial charge in [0.15, 0.2) is 9.84 Å². The first kappa shape index (κ1) is 34.6. The molecule has 1 heterocycles. The van der Waals surface area contributed by atoms with Crippen LogP contribution in [0.15, 0.2) is 163 Å². The topological polar surface area (TPSA) is 39.1 Å². The lowest BCUT2D eigenvalue weighted by Crippen LogP contribution is -2.19. The normalized spacial score (nSPS) is 12.5. The molecular weight excluding hydrogens is 655 g/mol. The van der Waals surface area contributed by atoms with E-state index >= 15 is 0 Å². The number of rotatable bonds is 7. The summed E-state index contributed by atoms with van der Waals surface area (Å²) in [6.07, 6.45) is 0.189. The van der Waals surface area contributed by atoms with E-state index in [1.807, 2.05) is 48.5 Å². The van der Waals surface area contributed by atoms with Crippen molar-refractivity contribution in [3.63, 3.8) is 0 Å². The molecule has 0 N–H and O–H groups in total. The first-order chi connectivity index (χ1) is 25.0. The molecule has 1 unspecified atom stereocenters. The first-order valence-corrected chi connectivity index (χ1v) is 19.2. The van der Waals surface area contributed by atoms with Crippen molar-refractivity contribution in [3.8, 4) is 29.4 Å². The van der Waals surface area contributed by atoms with Crippen LogP contribution in [0.25, 0.3) is 27.5 Å². The van der Waals surface area contributed by atoms with Gasteiger partial charge in [0.1, 0.15) is 5.25 Å². The van der Waals surface area contributed by atoms with E-state index in [4.69, 9.17) is 0 Å². The molecule has 7 aromatic rings. The Morgan fingerprint density at radius 3 is 1.56 bits per heavy atom. The second-order valence-corrected chi connectivity index (χ2v) is 16.4. The zero-order valence-electron chi connectivity index (χ0n) is 30.0. The molecule has 3 nitrogen and oxygen atoms in total. The lowest BCUT2D eigenvalue weighted by molar-refractivity contribution is 0.583. The van der Waals surface area contributed by atoms with Crippen molar-refractivity contribution in [2.75, 3.05) is 0 Å². The summed E-state index contributed by atoms with van der Waals surface area (Å²) in [5, 5.41) is 1.74. The molecule has 0 aliphatic heterocycles. The highest BCUT2D eigenvalue weighted by Gasteiger charge is 2.28. The summed E-state index contributed by atoms with van der Waals surface area (Å²) in [6.45, 7) is 8.62. The van der Waals surface area contributed by atoms with Gasteiger partial charge in [-0.05, 0) is 92.9 Å². The monoisotopic (exact) mass is 695 g/mol. The van der Waals surface area contributed by atoms with E-state index in [-0.39, 0.29) is 11.8 Å². The minimum absolute atomic E-state index is 0.189. The van der Waals surface area contributed by atoms with E-state index in [2.05, 4.69) is 141 Å². The predicted octanol–water partition coefficient (Wildman–Crippen LogP) is 11.0. The Labute approximate surface area is 307 Å². The van der Waals surface area contributed by atoms with Gasteiger partial charge in [-0.15, -0.1) is 0 Å². The van der Waals surface area contributed by atoms with Gasteiger partial charge in [-0.25, -0.2) is 8.42 Å². The maximum atomic E-state index is 13.6. The van der Waals surface area contributed by atoms with E-state index in [0.29, 0.717) is 4.90 Å². The molecule has 0 aliphatic carbocycles. The average molecular weight is 696 g/mol. The van der Waals surface area contributed by atoms with Crippen molar-refractivity contribution in [3.05, 3.63) is 180 Å². The standard InChI is InChI=1S/C48H41NO2S/c1-47(2,34-35-48(3,4)39-30-32-40(33-31-39)49-44-23-13-11-21-42(44)43-22-12-14-24-45(43)49)38-28-26-36(27-29-38)16-15-25-46(37-17-7-5-8-18-37)52(50,51)41-19-9-6-10-20-41/h5-14,17-24,26-33,46H,25H2,1-4H3. The van der Waals surface area contributed by atoms with Gasteiger partial charge in [-0.1, -0.05) is 133 Å². The molecule has 0 fully saturated rings. The molecule has 52 heavy (non-hydrogen) atoms.